The van der Waals surface area contributed by atoms with Crippen molar-refractivity contribution in [2.45, 2.75) is 38.5 Å². The van der Waals surface area contributed by atoms with Gasteiger partial charge in [0.2, 0.25) is 5.91 Å². The topological polar surface area (TPSA) is 32.3 Å². The van der Waals surface area contributed by atoms with Gasteiger partial charge in [0.15, 0.2) is 0 Å². The minimum absolute atomic E-state index is 0.0285. The number of thiophene rings is 1. The number of hydrogen-bond donors (Lipinski definition) is 1. The predicted molar refractivity (Wildman–Crippen MR) is 79.0 cm³/mol. The van der Waals surface area contributed by atoms with Gasteiger partial charge in [0.05, 0.1) is 6.04 Å². The van der Waals surface area contributed by atoms with Crippen LogP contribution in [0.2, 0.25) is 0 Å². The maximum atomic E-state index is 12.4. The van der Waals surface area contributed by atoms with Crippen LogP contribution in [0.5, 0.6) is 0 Å². The van der Waals surface area contributed by atoms with Crippen LogP contribution in [0.3, 0.4) is 0 Å². The maximum absolute atomic E-state index is 12.4. The molecule has 1 amide bonds. The molecule has 2 rings (SSSR count). The van der Waals surface area contributed by atoms with E-state index in [-0.39, 0.29) is 24.2 Å². The molecule has 0 spiro atoms. The van der Waals surface area contributed by atoms with E-state index >= 15 is 0 Å². The number of carbonyl (C=O) groups is 1. The zero-order valence-corrected chi connectivity index (χ0v) is 12.7. The lowest BCUT2D eigenvalue weighted by Gasteiger charge is -2.29. The Morgan fingerprint density at radius 1 is 1.61 bits per heavy atom. The molecule has 1 aromatic heterocycles. The molecule has 1 saturated heterocycles. The van der Waals surface area contributed by atoms with Crippen molar-refractivity contribution in [3.63, 3.8) is 0 Å². The largest absolute Gasteiger partial charge is 0.318 e. The van der Waals surface area contributed by atoms with Gasteiger partial charge in [-0.2, -0.15) is 23.1 Å². The molecule has 1 N–H and O–H groups in total. The Balaban J connectivity index is 2.23. The molecular weight excluding hydrogens is 264 g/mol. The summed E-state index contributed by atoms with van der Waals surface area (Å²) < 4.78 is 0. The summed E-state index contributed by atoms with van der Waals surface area (Å²) in [4.78, 5) is 14.4. The van der Waals surface area contributed by atoms with Crippen LogP contribution in [0.4, 0.5) is 0 Å². The fourth-order valence-electron chi connectivity index (χ4n) is 2.42. The molecule has 100 valence electrons. The molecule has 18 heavy (non-hydrogen) atoms. The molecule has 0 radical (unpaired) electrons. The smallest absolute Gasteiger partial charge is 0.241 e. The summed E-state index contributed by atoms with van der Waals surface area (Å²) >= 11 is 3.47. The molecule has 0 aromatic carbocycles. The molecule has 2 heterocycles. The van der Waals surface area contributed by atoms with Crippen molar-refractivity contribution in [3.05, 3.63) is 22.4 Å². The van der Waals surface area contributed by atoms with E-state index in [1.54, 1.807) is 23.1 Å². The van der Waals surface area contributed by atoms with Crippen LogP contribution in [-0.2, 0) is 4.79 Å². The van der Waals surface area contributed by atoms with E-state index in [0.717, 1.165) is 12.2 Å². The quantitative estimate of drug-likeness (QED) is 0.902. The standard InChI is InChI=1S/C13H20N2OS2/c1-4-11-13(16)15(9(2)7-17-3)12(14-11)10-5-6-18-8-10/h5-6,8-9,11-12,14H,4,7H2,1-3H3. The van der Waals surface area contributed by atoms with Crippen molar-refractivity contribution in [2.24, 2.45) is 0 Å². The highest BCUT2D eigenvalue weighted by Crippen LogP contribution is 2.30. The van der Waals surface area contributed by atoms with Crippen LogP contribution < -0.4 is 5.32 Å². The number of amides is 1. The summed E-state index contributed by atoms with van der Waals surface area (Å²) in [7, 11) is 0. The first-order chi connectivity index (χ1) is 8.69. The third-order valence-corrected chi connectivity index (χ3v) is 4.86. The van der Waals surface area contributed by atoms with Gasteiger partial charge >= 0.3 is 0 Å². The van der Waals surface area contributed by atoms with E-state index in [1.807, 2.05) is 4.90 Å². The van der Waals surface area contributed by atoms with Crippen molar-refractivity contribution in [1.29, 1.82) is 0 Å². The third-order valence-electron chi connectivity index (χ3n) is 3.34. The Hall–Kier alpha value is -0.520. The number of rotatable bonds is 5. The van der Waals surface area contributed by atoms with E-state index in [2.05, 4.69) is 42.2 Å². The van der Waals surface area contributed by atoms with Gasteiger partial charge in [-0.1, -0.05) is 6.92 Å². The summed E-state index contributed by atoms with van der Waals surface area (Å²) in [5, 5.41) is 7.65. The summed E-state index contributed by atoms with van der Waals surface area (Å²) in [6.07, 6.45) is 2.99. The molecule has 0 bridgehead atoms. The Morgan fingerprint density at radius 2 is 2.39 bits per heavy atom. The van der Waals surface area contributed by atoms with Gasteiger partial charge in [0.1, 0.15) is 6.17 Å². The number of hydrogen-bond acceptors (Lipinski definition) is 4. The van der Waals surface area contributed by atoms with Crippen molar-refractivity contribution in [2.75, 3.05) is 12.0 Å². The maximum Gasteiger partial charge on any atom is 0.241 e. The molecule has 0 aliphatic carbocycles. The lowest BCUT2D eigenvalue weighted by Crippen LogP contribution is -2.39. The second kappa shape index (κ2) is 6.08. The van der Waals surface area contributed by atoms with Crippen LogP contribution >= 0.6 is 23.1 Å². The molecule has 0 saturated carbocycles. The molecule has 1 aromatic rings. The Bertz CT molecular complexity index is 394. The van der Waals surface area contributed by atoms with Gasteiger partial charge in [-0.3, -0.25) is 10.1 Å². The third kappa shape index (κ3) is 2.58. The van der Waals surface area contributed by atoms with Crippen LogP contribution in [0.1, 0.15) is 32.0 Å². The van der Waals surface area contributed by atoms with Gasteiger partial charge in [-0.15, -0.1) is 0 Å². The Morgan fingerprint density at radius 3 is 2.94 bits per heavy atom. The van der Waals surface area contributed by atoms with Gasteiger partial charge in [-0.05, 0) is 42.0 Å². The summed E-state index contributed by atoms with van der Waals surface area (Å²) in [5.74, 6) is 1.22. The molecular formula is C13H20N2OS2. The van der Waals surface area contributed by atoms with Crippen molar-refractivity contribution in [1.82, 2.24) is 10.2 Å². The lowest BCUT2D eigenvalue weighted by atomic mass is 10.2. The Kier molecular flexibility index (Phi) is 4.70. The van der Waals surface area contributed by atoms with Gasteiger partial charge in [-0.25, -0.2) is 0 Å². The fourth-order valence-corrected chi connectivity index (χ4v) is 3.74. The van der Waals surface area contributed by atoms with Crippen molar-refractivity contribution < 1.29 is 4.79 Å². The van der Waals surface area contributed by atoms with Crippen LogP contribution in [0, 0.1) is 0 Å². The number of nitrogens with zero attached hydrogens (tertiary/aromatic N) is 1. The fraction of sp³-hybridized carbons (Fsp3) is 0.615. The lowest BCUT2D eigenvalue weighted by molar-refractivity contribution is -0.131. The highest BCUT2D eigenvalue weighted by atomic mass is 32.2. The SMILES string of the molecule is CCC1NC(c2ccsc2)N(C(C)CSC)C1=O. The van der Waals surface area contributed by atoms with E-state index in [4.69, 9.17) is 0 Å². The second-order valence-corrected chi connectivity index (χ2v) is 6.33. The molecule has 3 nitrogen and oxygen atoms in total. The number of thioether (sulfide) groups is 1. The minimum atomic E-state index is -0.0285. The number of carbonyl (C=O) groups excluding carboxylic acids is 1. The van der Waals surface area contributed by atoms with Crippen LogP contribution in [-0.4, -0.2) is 34.9 Å². The monoisotopic (exact) mass is 284 g/mol. The summed E-state index contributed by atoms with van der Waals surface area (Å²) in [6, 6.07) is 2.34. The molecule has 5 heteroatoms. The summed E-state index contributed by atoms with van der Waals surface area (Å²) in [6.45, 7) is 4.19. The highest BCUT2D eigenvalue weighted by Gasteiger charge is 2.40. The molecule has 1 fully saturated rings. The zero-order valence-electron chi connectivity index (χ0n) is 11.1. The van der Waals surface area contributed by atoms with E-state index in [0.29, 0.717) is 0 Å². The first-order valence-corrected chi connectivity index (χ1v) is 8.62. The van der Waals surface area contributed by atoms with E-state index in [9.17, 15) is 4.79 Å². The average Bonchev–Trinajstić information content (AvgIpc) is 2.96. The Labute approximate surface area is 117 Å². The first kappa shape index (κ1) is 13.9. The van der Waals surface area contributed by atoms with Crippen molar-refractivity contribution in [3.8, 4) is 0 Å². The molecule has 1 aliphatic heterocycles. The first-order valence-electron chi connectivity index (χ1n) is 6.28. The minimum Gasteiger partial charge on any atom is -0.318 e. The molecule has 3 atom stereocenters. The molecule has 3 unspecified atom stereocenters. The van der Waals surface area contributed by atoms with Crippen LogP contribution in [0.25, 0.3) is 0 Å². The van der Waals surface area contributed by atoms with Crippen LogP contribution in [0.15, 0.2) is 16.8 Å². The summed E-state index contributed by atoms with van der Waals surface area (Å²) in [5.41, 5.74) is 1.21. The number of nitrogens with one attached hydrogen (secondary N) is 1. The van der Waals surface area contributed by atoms with Crippen molar-refractivity contribution >= 4 is 29.0 Å². The average molecular weight is 284 g/mol. The van der Waals surface area contributed by atoms with Gasteiger partial charge < -0.3 is 4.90 Å². The highest BCUT2D eigenvalue weighted by molar-refractivity contribution is 7.98. The normalized spacial score (nSPS) is 25.7. The zero-order chi connectivity index (χ0) is 13.1. The second-order valence-electron chi connectivity index (χ2n) is 4.64. The van der Waals surface area contributed by atoms with Gasteiger partial charge in [0.25, 0.3) is 0 Å². The van der Waals surface area contributed by atoms with E-state index < -0.39 is 0 Å². The van der Waals surface area contributed by atoms with E-state index in [1.165, 1.54) is 5.56 Å². The molecule has 1 aliphatic rings. The predicted octanol–water partition coefficient (Wildman–Crippen LogP) is 2.71. The van der Waals surface area contributed by atoms with Gasteiger partial charge in [0, 0.05) is 11.8 Å².